The maximum absolute atomic E-state index is 11.2. The van der Waals surface area contributed by atoms with E-state index in [1.807, 2.05) is 11.9 Å². The predicted molar refractivity (Wildman–Crippen MR) is 65.1 cm³/mol. The van der Waals surface area contributed by atoms with E-state index in [2.05, 4.69) is 5.32 Å². The minimum atomic E-state index is -0.0294. The van der Waals surface area contributed by atoms with Gasteiger partial charge in [-0.1, -0.05) is 6.07 Å². The second-order valence-electron chi connectivity index (χ2n) is 3.85. The molecule has 5 heteroatoms. The highest BCUT2D eigenvalue weighted by molar-refractivity contribution is 5.77. The van der Waals surface area contributed by atoms with Crippen molar-refractivity contribution in [2.45, 2.75) is 6.54 Å². The SMILES string of the molecule is CNC(=O)CN(C)Cc1ccc(O)c(OC)c1. The summed E-state index contributed by atoms with van der Waals surface area (Å²) >= 11 is 0. The summed E-state index contributed by atoms with van der Waals surface area (Å²) < 4.78 is 5.02. The molecule has 0 radical (unpaired) electrons. The first-order chi connectivity index (χ1) is 8.06. The lowest BCUT2D eigenvalue weighted by atomic mass is 10.2. The van der Waals surface area contributed by atoms with Gasteiger partial charge in [0, 0.05) is 13.6 Å². The number of nitrogens with zero attached hydrogens (tertiary/aromatic N) is 1. The molecule has 0 aliphatic rings. The first kappa shape index (κ1) is 13.3. The van der Waals surface area contributed by atoms with Crippen LogP contribution >= 0.6 is 0 Å². The fraction of sp³-hybridized carbons (Fsp3) is 0.417. The van der Waals surface area contributed by atoms with Gasteiger partial charge in [0.05, 0.1) is 13.7 Å². The van der Waals surface area contributed by atoms with Crippen molar-refractivity contribution in [1.29, 1.82) is 0 Å². The molecule has 1 rings (SSSR count). The van der Waals surface area contributed by atoms with Crippen molar-refractivity contribution in [2.24, 2.45) is 0 Å². The Morgan fingerprint density at radius 3 is 2.82 bits per heavy atom. The van der Waals surface area contributed by atoms with Crippen LogP contribution in [0, 0.1) is 0 Å². The van der Waals surface area contributed by atoms with Gasteiger partial charge in [-0.25, -0.2) is 0 Å². The molecule has 0 saturated heterocycles. The van der Waals surface area contributed by atoms with Gasteiger partial charge in [-0.15, -0.1) is 0 Å². The van der Waals surface area contributed by atoms with Crippen LogP contribution in [0.1, 0.15) is 5.56 Å². The van der Waals surface area contributed by atoms with Crippen molar-refractivity contribution in [3.63, 3.8) is 0 Å². The Morgan fingerprint density at radius 2 is 2.24 bits per heavy atom. The van der Waals surface area contributed by atoms with Crippen molar-refractivity contribution >= 4 is 5.91 Å². The van der Waals surface area contributed by atoms with Gasteiger partial charge in [-0.2, -0.15) is 0 Å². The molecule has 0 atom stereocenters. The Morgan fingerprint density at radius 1 is 1.53 bits per heavy atom. The first-order valence-electron chi connectivity index (χ1n) is 5.31. The molecular weight excluding hydrogens is 220 g/mol. The standard InChI is InChI=1S/C12H18N2O3/c1-13-12(16)8-14(2)7-9-4-5-10(15)11(6-9)17-3/h4-6,15H,7-8H2,1-3H3,(H,13,16). The number of carbonyl (C=O) groups excluding carboxylic acids is 1. The Hall–Kier alpha value is -1.75. The number of nitrogens with one attached hydrogen (secondary N) is 1. The highest BCUT2D eigenvalue weighted by atomic mass is 16.5. The number of phenolic OH excluding ortho intramolecular Hbond substituents is 1. The monoisotopic (exact) mass is 238 g/mol. The number of ether oxygens (including phenoxy) is 1. The van der Waals surface area contributed by atoms with E-state index < -0.39 is 0 Å². The molecule has 0 aliphatic heterocycles. The topological polar surface area (TPSA) is 61.8 Å². The van der Waals surface area contributed by atoms with Crippen LogP contribution in [0.5, 0.6) is 11.5 Å². The molecule has 94 valence electrons. The fourth-order valence-electron chi connectivity index (χ4n) is 1.51. The summed E-state index contributed by atoms with van der Waals surface area (Å²) in [5.41, 5.74) is 0.978. The molecular formula is C12H18N2O3. The Balaban J connectivity index is 2.65. The van der Waals surface area contributed by atoms with Crippen LogP contribution in [0.15, 0.2) is 18.2 Å². The third-order valence-electron chi connectivity index (χ3n) is 2.39. The van der Waals surface area contributed by atoms with E-state index in [1.165, 1.54) is 7.11 Å². The van der Waals surface area contributed by atoms with E-state index in [0.29, 0.717) is 18.8 Å². The van der Waals surface area contributed by atoms with Gasteiger partial charge < -0.3 is 15.2 Å². The lowest BCUT2D eigenvalue weighted by Crippen LogP contribution is -2.32. The lowest BCUT2D eigenvalue weighted by Gasteiger charge is -2.16. The number of amides is 1. The summed E-state index contributed by atoms with van der Waals surface area (Å²) in [5.74, 6) is 0.527. The summed E-state index contributed by atoms with van der Waals surface area (Å²) in [6.45, 7) is 0.948. The number of aromatic hydroxyl groups is 1. The second-order valence-corrected chi connectivity index (χ2v) is 3.85. The molecule has 0 saturated carbocycles. The third kappa shape index (κ3) is 3.96. The molecule has 1 aromatic carbocycles. The van der Waals surface area contributed by atoms with E-state index in [0.717, 1.165) is 5.56 Å². The molecule has 5 nitrogen and oxygen atoms in total. The lowest BCUT2D eigenvalue weighted by molar-refractivity contribution is -0.121. The average Bonchev–Trinajstić information content (AvgIpc) is 2.31. The number of hydrogen-bond acceptors (Lipinski definition) is 4. The zero-order chi connectivity index (χ0) is 12.8. The quantitative estimate of drug-likeness (QED) is 0.787. The molecule has 0 unspecified atom stereocenters. The summed E-state index contributed by atoms with van der Waals surface area (Å²) in [6.07, 6.45) is 0. The van der Waals surface area contributed by atoms with Crippen molar-refractivity contribution in [3.8, 4) is 11.5 Å². The number of methoxy groups -OCH3 is 1. The van der Waals surface area contributed by atoms with Crippen LogP contribution < -0.4 is 10.1 Å². The minimum Gasteiger partial charge on any atom is -0.504 e. The van der Waals surface area contributed by atoms with Crippen molar-refractivity contribution in [1.82, 2.24) is 10.2 Å². The summed E-state index contributed by atoms with van der Waals surface area (Å²) in [6, 6.07) is 5.15. The normalized spacial score (nSPS) is 10.4. The number of likely N-dealkylation sites (N-methyl/N-ethyl adjacent to an activating group) is 2. The number of benzene rings is 1. The highest BCUT2D eigenvalue weighted by Gasteiger charge is 2.07. The van der Waals surface area contributed by atoms with Crippen molar-refractivity contribution in [2.75, 3.05) is 27.7 Å². The zero-order valence-electron chi connectivity index (χ0n) is 10.4. The molecule has 0 fully saturated rings. The second kappa shape index (κ2) is 6.10. The van der Waals surface area contributed by atoms with E-state index in [4.69, 9.17) is 4.74 Å². The number of carbonyl (C=O) groups is 1. The number of hydrogen-bond donors (Lipinski definition) is 2. The van der Waals surface area contributed by atoms with Crippen LogP contribution in [0.4, 0.5) is 0 Å². The molecule has 0 bridgehead atoms. The molecule has 17 heavy (non-hydrogen) atoms. The van der Waals surface area contributed by atoms with Crippen LogP contribution in [0.3, 0.4) is 0 Å². The maximum atomic E-state index is 11.2. The zero-order valence-corrected chi connectivity index (χ0v) is 10.4. The molecule has 0 aliphatic carbocycles. The van der Waals surface area contributed by atoms with Gasteiger partial charge in [-0.05, 0) is 24.7 Å². The van der Waals surface area contributed by atoms with Crippen molar-refractivity contribution in [3.05, 3.63) is 23.8 Å². The van der Waals surface area contributed by atoms with Crippen LogP contribution in [-0.2, 0) is 11.3 Å². The van der Waals surface area contributed by atoms with Gasteiger partial charge in [-0.3, -0.25) is 9.69 Å². The van der Waals surface area contributed by atoms with Crippen LogP contribution in [0.25, 0.3) is 0 Å². The Bertz CT molecular complexity index is 393. The van der Waals surface area contributed by atoms with Gasteiger partial charge in [0.15, 0.2) is 11.5 Å². The molecule has 2 N–H and O–H groups in total. The summed E-state index contributed by atoms with van der Waals surface area (Å²) in [4.78, 5) is 13.1. The molecule has 0 spiro atoms. The Labute approximate surface area is 101 Å². The fourth-order valence-corrected chi connectivity index (χ4v) is 1.51. The van der Waals surface area contributed by atoms with Gasteiger partial charge >= 0.3 is 0 Å². The molecule has 0 heterocycles. The summed E-state index contributed by atoms with van der Waals surface area (Å²) in [5, 5.41) is 12.0. The highest BCUT2D eigenvalue weighted by Crippen LogP contribution is 2.26. The molecule has 1 amide bonds. The van der Waals surface area contributed by atoms with E-state index >= 15 is 0 Å². The number of rotatable bonds is 5. The van der Waals surface area contributed by atoms with E-state index in [1.54, 1.807) is 25.2 Å². The first-order valence-corrected chi connectivity index (χ1v) is 5.31. The van der Waals surface area contributed by atoms with Crippen LogP contribution in [0.2, 0.25) is 0 Å². The van der Waals surface area contributed by atoms with Gasteiger partial charge in [0.25, 0.3) is 0 Å². The van der Waals surface area contributed by atoms with Crippen LogP contribution in [-0.4, -0.2) is 43.7 Å². The third-order valence-corrected chi connectivity index (χ3v) is 2.39. The smallest absolute Gasteiger partial charge is 0.233 e. The average molecular weight is 238 g/mol. The van der Waals surface area contributed by atoms with E-state index in [-0.39, 0.29) is 11.7 Å². The maximum Gasteiger partial charge on any atom is 0.233 e. The Kier molecular flexibility index (Phi) is 4.78. The molecule has 0 aromatic heterocycles. The predicted octanol–water partition coefficient (Wildman–Crippen LogP) is 0.579. The van der Waals surface area contributed by atoms with E-state index in [9.17, 15) is 9.90 Å². The van der Waals surface area contributed by atoms with Crippen molar-refractivity contribution < 1.29 is 14.6 Å². The van der Waals surface area contributed by atoms with Gasteiger partial charge in [0.1, 0.15) is 0 Å². The van der Waals surface area contributed by atoms with Gasteiger partial charge in [0.2, 0.25) is 5.91 Å². The largest absolute Gasteiger partial charge is 0.504 e. The molecule has 1 aromatic rings. The number of phenols is 1. The summed E-state index contributed by atoms with van der Waals surface area (Å²) in [7, 11) is 4.97. The minimum absolute atomic E-state index is 0.0294.